The highest BCUT2D eigenvalue weighted by atomic mass is 32.2. The van der Waals surface area contributed by atoms with Crippen molar-refractivity contribution in [3.63, 3.8) is 0 Å². The third-order valence-electron chi connectivity index (χ3n) is 4.08. The molecule has 0 unspecified atom stereocenters. The van der Waals surface area contributed by atoms with E-state index in [1.165, 1.54) is 4.31 Å². The summed E-state index contributed by atoms with van der Waals surface area (Å²) in [5.74, 6) is 1.09. The predicted molar refractivity (Wildman–Crippen MR) is 101 cm³/mol. The summed E-state index contributed by atoms with van der Waals surface area (Å²) < 4.78 is 36.8. The van der Waals surface area contributed by atoms with Crippen LogP contribution in [-0.2, 0) is 14.8 Å². The van der Waals surface area contributed by atoms with Gasteiger partial charge in [-0.25, -0.2) is 8.42 Å². The van der Waals surface area contributed by atoms with E-state index >= 15 is 0 Å². The molecule has 0 bridgehead atoms. The molecule has 0 fully saturated rings. The number of carbonyl (C=O) groups is 1. The van der Waals surface area contributed by atoms with Crippen molar-refractivity contribution < 1.29 is 22.7 Å². The van der Waals surface area contributed by atoms with Crippen LogP contribution < -0.4 is 13.8 Å². The molecular formula is C18H28N2O5S. The quantitative estimate of drug-likeness (QED) is 0.653. The summed E-state index contributed by atoms with van der Waals surface area (Å²) in [6.07, 6.45) is 3.04. The number of rotatable bonds is 9. The number of hydrogen-bond acceptors (Lipinski definition) is 5. The van der Waals surface area contributed by atoms with Crippen LogP contribution in [0.15, 0.2) is 18.2 Å². The smallest absolute Gasteiger partial charge is 0.232 e. The molecule has 0 aliphatic carbocycles. The van der Waals surface area contributed by atoms with Crippen molar-refractivity contribution in [1.82, 2.24) is 4.90 Å². The van der Waals surface area contributed by atoms with E-state index in [1.54, 1.807) is 23.1 Å². The lowest BCUT2D eigenvalue weighted by Gasteiger charge is -2.27. The number of carbonyl (C=O) groups excluding carboxylic acids is 1. The van der Waals surface area contributed by atoms with Crippen molar-refractivity contribution in [1.29, 1.82) is 0 Å². The molecular weight excluding hydrogens is 356 g/mol. The summed E-state index contributed by atoms with van der Waals surface area (Å²) >= 11 is 0. The van der Waals surface area contributed by atoms with Gasteiger partial charge >= 0.3 is 0 Å². The fourth-order valence-electron chi connectivity index (χ4n) is 2.93. The Kier molecular flexibility index (Phi) is 7.14. The Bertz CT molecular complexity index is 714. The van der Waals surface area contributed by atoms with E-state index in [0.717, 1.165) is 19.1 Å². The normalized spacial score (nSPS) is 13.3. The Balaban J connectivity index is 2.15. The third-order valence-corrected chi connectivity index (χ3v) is 5.28. The molecule has 146 valence electrons. The number of ether oxygens (including phenoxy) is 2. The highest BCUT2D eigenvalue weighted by molar-refractivity contribution is 7.92. The topological polar surface area (TPSA) is 76.2 Å². The second-order valence-electron chi connectivity index (χ2n) is 6.29. The first-order valence-corrected chi connectivity index (χ1v) is 10.9. The lowest BCUT2D eigenvalue weighted by molar-refractivity contribution is -0.131. The van der Waals surface area contributed by atoms with Gasteiger partial charge in [0.1, 0.15) is 13.2 Å². The Morgan fingerprint density at radius 1 is 1.04 bits per heavy atom. The number of nitrogens with zero attached hydrogens (tertiary/aromatic N) is 2. The summed E-state index contributed by atoms with van der Waals surface area (Å²) in [5.41, 5.74) is 0.474. The maximum absolute atomic E-state index is 12.5. The van der Waals surface area contributed by atoms with E-state index in [4.69, 9.17) is 9.47 Å². The van der Waals surface area contributed by atoms with E-state index in [0.29, 0.717) is 43.5 Å². The molecule has 1 aromatic carbocycles. The van der Waals surface area contributed by atoms with Crippen LogP contribution >= 0.6 is 0 Å². The molecule has 7 nitrogen and oxygen atoms in total. The van der Waals surface area contributed by atoms with Gasteiger partial charge in [0.05, 0.1) is 11.9 Å². The molecule has 0 saturated heterocycles. The number of anilines is 1. The van der Waals surface area contributed by atoms with Crippen LogP contribution in [0.5, 0.6) is 11.5 Å². The molecule has 0 saturated carbocycles. The lowest BCUT2D eigenvalue weighted by atomic mass is 10.2. The van der Waals surface area contributed by atoms with Crippen LogP contribution in [0.1, 0.15) is 33.1 Å². The summed E-state index contributed by atoms with van der Waals surface area (Å²) in [5, 5.41) is 0. The van der Waals surface area contributed by atoms with E-state index < -0.39 is 10.0 Å². The monoisotopic (exact) mass is 384 g/mol. The second-order valence-corrected chi connectivity index (χ2v) is 8.20. The summed E-state index contributed by atoms with van der Waals surface area (Å²) in [6, 6.07) is 5.02. The number of sulfonamides is 1. The number of amides is 1. The molecule has 0 spiro atoms. The van der Waals surface area contributed by atoms with Crippen molar-refractivity contribution >= 4 is 21.6 Å². The second kappa shape index (κ2) is 9.12. The van der Waals surface area contributed by atoms with Crippen LogP contribution in [0.25, 0.3) is 0 Å². The predicted octanol–water partition coefficient (Wildman–Crippen LogP) is 2.26. The Labute approximate surface area is 155 Å². The molecule has 0 aromatic heterocycles. The lowest BCUT2D eigenvalue weighted by Crippen LogP contribution is -2.37. The van der Waals surface area contributed by atoms with Crippen molar-refractivity contribution in [2.45, 2.75) is 33.1 Å². The fourth-order valence-corrected chi connectivity index (χ4v) is 3.85. The van der Waals surface area contributed by atoms with Gasteiger partial charge in [0, 0.05) is 32.1 Å². The van der Waals surface area contributed by atoms with Gasteiger partial charge in [-0.3, -0.25) is 9.10 Å². The fraction of sp³-hybridized carbons (Fsp3) is 0.611. The largest absolute Gasteiger partial charge is 0.486 e. The minimum absolute atomic E-state index is 0.0279. The van der Waals surface area contributed by atoms with Gasteiger partial charge in [0.2, 0.25) is 15.9 Å². The van der Waals surface area contributed by atoms with Gasteiger partial charge in [0.25, 0.3) is 0 Å². The van der Waals surface area contributed by atoms with Crippen LogP contribution in [0.4, 0.5) is 5.69 Å². The van der Waals surface area contributed by atoms with Crippen LogP contribution in [0.2, 0.25) is 0 Å². The number of benzene rings is 1. The zero-order chi connectivity index (χ0) is 19.2. The van der Waals surface area contributed by atoms with Gasteiger partial charge in [-0.2, -0.15) is 0 Å². The number of fused-ring (bicyclic) bond motifs is 1. The first-order chi connectivity index (χ1) is 12.4. The van der Waals surface area contributed by atoms with Crippen molar-refractivity contribution in [3.05, 3.63) is 18.2 Å². The Hall–Kier alpha value is -1.96. The molecule has 1 aliphatic rings. The molecule has 0 atom stereocenters. The van der Waals surface area contributed by atoms with E-state index in [-0.39, 0.29) is 18.9 Å². The minimum atomic E-state index is -3.52. The molecule has 1 aromatic rings. The minimum Gasteiger partial charge on any atom is -0.486 e. The maximum atomic E-state index is 12.5. The average Bonchev–Trinajstić information content (AvgIpc) is 2.60. The van der Waals surface area contributed by atoms with Gasteiger partial charge in [-0.1, -0.05) is 13.8 Å². The standard InChI is InChI=1S/C18H28N2O5S/c1-4-9-19(10-5-2)18(21)8-11-20(26(3,22)23)15-6-7-16-17(14-15)25-13-12-24-16/h6-7,14H,4-5,8-13H2,1-3H3. The van der Waals surface area contributed by atoms with Crippen molar-refractivity contribution in [2.75, 3.05) is 43.4 Å². The van der Waals surface area contributed by atoms with Gasteiger partial charge in [-0.15, -0.1) is 0 Å². The Morgan fingerprint density at radius 2 is 1.65 bits per heavy atom. The number of hydrogen-bond donors (Lipinski definition) is 0. The molecule has 8 heteroatoms. The van der Waals surface area contributed by atoms with Crippen molar-refractivity contribution in [2.24, 2.45) is 0 Å². The molecule has 1 amide bonds. The average molecular weight is 384 g/mol. The van der Waals surface area contributed by atoms with Crippen LogP contribution in [-0.4, -0.2) is 58.3 Å². The zero-order valence-electron chi connectivity index (χ0n) is 15.7. The molecule has 1 heterocycles. The van der Waals surface area contributed by atoms with Gasteiger partial charge in [-0.05, 0) is 25.0 Å². The summed E-state index contributed by atoms with van der Waals surface area (Å²) in [4.78, 5) is 14.3. The van der Waals surface area contributed by atoms with E-state index in [9.17, 15) is 13.2 Å². The first-order valence-electron chi connectivity index (χ1n) is 9.02. The summed E-state index contributed by atoms with van der Waals surface area (Å²) in [7, 11) is -3.52. The van der Waals surface area contributed by atoms with Crippen molar-refractivity contribution in [3.8, 4) is 11.5 Å². The third kappa shape index (κ3) is 5.27. The van der Waals surface area contributed by atoms with E-state index in [1.807, 2.05) is 13.8 Å². The molecule has 0 N–H and O–H groups in total. The molecule has 0 radical (unpaired) electrons. The van der Waals surface area contributed by atoms with E-state index in [2.05, 4.69) is 0 Å². The zero-order valence-corrected chi connectivity index (χ0v) is 16.5. The molecule has 1 aliphatic heterocycles. The molecule has 26 heavy (non-hydrogen) atoms. The molecule has 2 rings (SSSR count). The van der Waals surface area contributed by atoms with Gasteiger partial charge < -0.3 is 14.4 Å². The van der Waals surface area contributed by atoms with Crippen LogP contribution in [0, 0.1) is 0 Å². The highest BCUT2D eigenvalue weighted by Crippen LogP contribution is 2.34. The maximum Gasteiger partial charge on any atom is 0.232 e. The van der Waals surface area contributed by atoms with Gasteiger partial charge in [0.15, 0.2) is 11.5 Å². The highest BCUT2D eigenvalue weighted by Gasteiger charge is 2.22. The Morgan fingerprint density at radius 3 is 2.23 bits per heavy atom. The first kappa shape index (κ1) is 20.4. The van der Waals surface area contributed by atoms with Crippen LogP contribution in [0.3, 0.4) is 0 Å². The SMILES string of the molecule is CCCN(CCC)C(=O)CCN(c1ccc2c(c1)OCCO2)S(C)(=O)=O. The summed E-state index contributed by atoms with van der Waals surface area (Å²) in [6.45, 7) is 6.42.